The van der Waals surface area contributed by atoms with Gasteiger partial charge in [0.05, 0.1) is 57.0 Å². The van der Waals surface area contributed by atoms with Crippen LogP contribution in [0.1, 0.15) is 116 Å². The summed E-state index contributed by atoms with van der Waals surface area (Å²) in [5.74, 6) is -3.97. The Morgan fingerprint density at radius 2 is 0.991 bits per heavy atom. The second kappa shape index (κ2) is 33.1. The maximum Gasteiger partial charge on any atom is 0.272 e. The molecule has 14 rings (SSSR count). The smallest absolute Gasteiger partial charge is 0.272 e. The molecule has 9 aromatic rings. The van der Waals surface area contributed by atoms with E-state index in [4.69, 9.17) is 0 Å². The Bertz CT molecular complexity index is 4880. The third-order valence-electron chi connectivity index (χ3n) is 21.5. The van der Waals surface area contributed by atoms with Gasteiger partial charge in [0.2, 0.25) is 55.5 Å². The number of nitrogens with one attached hydrogen (secondary N) is 8. The summed E-state index contributed by atoms with van der Waals surface area (Å²) < 4.78 is 91.4. The van der Waals surface area contributed by atoms with E-state index in [0.29, 0.717) is 35.4 Å². The molecule has 2 aromatic heterocycles. The van der Waals surface area contributed by atoms with Gasteiger partial charge in [-0.2, -0.15) is 18.8 Å². The number of nitrogens with zero attached hydrogens (tertiary/aromatic N) is 8. The molecule has 0 aliphatic carbocycles. The van der Waals surface area contributed by atoms with Crippen molar-refractivity contribution in [2.45, 2.75) is 135 Å². The molecule has 6 amide bonds. The summed E-state index contributed by atoms with van der Waals surface area (Å²) in [5.41, 5.74) is 4.63. The van der Waals surface area contributed by atoms with Crippen molar-refractivity contribution in [3.05, 3.63) is 250 Å². The van der Waals surface area contributed by atoms with Gasteiger partial charge >= 0.3 is 0 Å². The van der Waals surface area contributed by atoms with Gasteiger partial charge in [0.1, 0.15) is 48.0 Å². The molecular formula is C79H86F2N16O11S2. The lowest BCUT2D eigenvalue weighted by Crippen LogP contribution is -2.62. The Morgan fingerprint density at radius 1 is 0.545 bits per heavy atom. The van der Waals surface area contributed by atoms with Crippen LogP contribution in [-0.2, 0) is 55.9 Å². The molecular weight excluding hydrogens is 1450 g/mol. The molecule has 5 aliphatic heterocycles. The second-order valence-corrected chi connectivity index (χ2v) is 32.0. The summed E-state index contributed by atoms with van der Waals surface area (Å²) in [5, 5.41) is 32.5. The summed E-state index contributed by atoms with van der Waals surface area (Å²) in [6, 6.07) is 42.1. The maximum atomic E-state index is 15.0. The van der Waals surface area contributed by atoms with E-state index in [-0.39, 0.29) is 50.0 Å². The first-order chi connectivity index (χ1) is 52.9. The molecule has 5 aliphatic rings. The van der Waals surface area contributed by atoms with Gasteiger partial charge in [0.15, 0.2) is 0 Å². The number of aromatic amines is 1. The Labute approximate surface area is 635 Å². The van der Waals surface area contributed by atoms with Crippen LogP contribution in [0.5, 0.6) is 0 Å². The first-order valence-electron chi connectivity index (χ1n) is 36.5. The zero-order valence-corrected chi connectivity index (χ0v) is 62.7. The van der Waals surface area contributed by atoms with Crippen molar-refractivity contribution >= 4 is 71.9 Å². The van der Waals surface area contributed by atoms with Gasteiger partial charge in [-0.15, -0.1) is 0 Å². The van der Waals surface area contributed by atoms with E-state index in [2.05, 4.69) is 57.5 Å². The zero-order chi connectivity index (χ0) is 77.7. The van der Waals surface area contributed by atoms with Gasteiger partial charge in [0.25, 0.3) is 5.56 Å². The Kier molecular flexibility index (Phi) is 23.2. The van der Waals surface area contributed by atoms with Crippen LogP contribution in [0, 0.1) is 11.6 Å². The summed E-state index contributed by atoms with van der Waals surface area (Å²) in [4.78, 5) is 105. The topological polar surface area (TPSA) is 344 Å². The molecule has 31 heteroatoms. The number of rotatable bonds is 20. The van der Waals surface area contributed by atoms with E-state index in [0.717, 1.165) is 42.5 Å². The molecule has 4 saturated heterocycles. The molecule has 0 spiro atoms. The lowest BCUT2D eigenvalue weighted by molar-refractivity contribution is -0.144. The second-order valence-electron chi connectivity index (χ2n) is 28.1. The summed E-state index contributed by atoms with van der Waals surface area (Å²) in [6.45, 7) is 1.80. The highest BCUT2D eigenvalue weighted by Gasteiger charge is 2.50. The van der Waals surface area contributed by atoms with E-state index < -0.39 is 162 Å². The molecule has 0 radical (unpaired) electrons. The number of carbonyl (C=O) groups is 6. The summed E-state index contributed by atoms with van der Waals surface area (Å²) in [7, 11) is -4.37. The fraction of sp³-hybridized carbons (Fsp3) is 0.342. The molecule has 0 bridgehead atoms. The average Bonchev–Trinajstić information content (AvgIpc) is 1.02. The largest absolute Gasteiger partial charge is 0.376 e. The Hall–Kier alpha value is -11.0. The van der Waals surface area contributed by atoms with Crippen LogP contribution < -0.4 is 42.8 Å². The third kappa shape index (κ3) is 16.1. The van der Waals surface area contributed by atoms with Crippen molar-refractivity contribution in [2.24, 2.45) is 7.05 Å². The predicted octanol–water partition coefficient (Wildman–Crippen LogP) is 5.82. The van der Waals surface area contributed by atoms with Crippen LogP contribution in [0.4, 0.5) is 14.5 Å². The van der Waals surface area contributed by atoms with Crippen molar-refractivity contribution in [1.29, 1.82) is 0 Å². The highest BCUT2D eigenvalue weighted by Crippen LogP contribution is 2.46. The number of H-pyrrole nitrogens is 1. The van der Waals surface area contributed by atoms with Gasteiger partial charge in [-0.1, -0.05) is 140 Å². The van der Waals surface area contributed by atoms with Crippen LogP contribution in [0.25, 0.3) is 10.8 Å². The number of amides is 6. The molecule has 8 unspecified atom stereocenters. The Balaban J connectivity index is 0.000000314. The van der Waals surface area contributed by atoms with Crippen LogP contribution in [-0.4, -0.2) is 184 Å². The number of halogens is 2. The minimum absolute atomic E-state index is 0.129. The van der Waals surface area contributed by atoms with Crippen LogP contribution >= 0.6 is 0 Å². The average molecular weight is 1540 g/mol. The number of benzene rings is 7. The van der Waals surface area contributed by atoms with E-state index in [9.17, 15) is 42.3 Å². The number of hydrogen-bond donors (Lipinski definition) is 8. The number of fused-ring (bicyclic) bond motifs is 2. The minimum atomic E-state index is -4.63. The number of aryl methyl sites for hydroxylation is 1. The normalized spacial score (nSPS) is 21.5. The lowest BCUT2D eigenvalue weighted by Gasteiger charge is -2.39. The fourth-order valence-electron chi connectivity index (χ4n) is 15.4. The first-order valence-corrected chi connectivity index (χ1v) is 39.4. The molecule has 7 aromatic carbocycles. The number of likely N-dealkylation sites (N-methyl/N-ethyl adjacent to an activating group) is 2. The first kappa shape index (κ1) is 77.2. The minimum Gasteiger partial charge on any atom is -0.376 e. The number of hydrogen-bond acceptors (Lipinski definition) is 17. The third-order valence-corrected chi connectivity index (χ3v) is 25.2. The van der Waals surface area contributed by atoms with E-state index in [1.165, 1.54) is 58.6 Å². The summed E-state index contributed by atoms with van der Waals surface area (Å²) in [6.07, 6.45) is 2.97. The predicted molar refractivity (Wildman–Crippen MR) is 405 cm³/mol. The molecule has 10 atom stereocenters. The van der Waals surface area contributed by atoms with Crippen molar-refractivity contribution in [2.75, 3.05) is 45.6 Å². The van der Waals surface area contributed by atoms with Crippen molar-refractivity contribution in [3.63, 3.8) is 0 Å². The number of sulfonamides is 2. The van der Waals surface area contributed by atoms with Crippen molar-refractivity contribution < 1.29 is 54.4 Å². The highest BCUT2D eigenvalue weighted by atomic mass is 32.2. The van der Waals surface area contributed by atoms with Gasteiger partial charge < -0.3 is 47.0 Å². The molecule has 574 valence electrons. The SMILES string of the molecule is CNC(C)C(=O)NC1CN(S(=O)(=O)c2cccc(S(=O)(=O)N3CCC4CCC(C(=O)NC(c5ccccc5)c5ccccc5)N4C(=O)C(NC(=O)C(C)NC)C3)c2)CCC2CCC(C(=O)NC(c3ccccc3)c3ccccc3)N2C1=O.Cn1ncnc1[C@H]1c2n[nH]c(=O)c3cc(F)cc(c23)N[C@@H]1c1ccc(F)cc1. The van der Waals surface area contributed by atoms with Crippen LogP contribution in [0.3, 0.4) is 0 Å². The van der Waals surface area contributed by atoms with Crippen LogP contribution in [0.15, 0.2) is 203 Å². The van der Waals surface area contributed by atoms with Gasteiger partial charge in [-0.05, 0) is 137 Å². The molecule has 7 heterocycles. The zero-order valence-electron chi connectivity index (χ0n) is 61.0. The molecule has 8 N–H and O–H groups in total. The van der Waals surface area contributed by atoms with Crippen LogP contribution in [0.2, 0.25) is 0 Å². The molecule has 27 nitrogen and oxygen atoms in total. The van der Waals surface area contributed by atoms with E-state index in [1.807, 2.05) is 121 Å². The quantitative estimate of drug-likeness (QED) is 0.0445. The summed E-state index contributed by atoms with van der Waals surface area (Å²) >= 11 is 0. The molecule has 0 saturated carbocycles. The monoisotopic (exact) mass is 1540 g/mol. The van der Waals surface area contributed by atoms with Crippen molar-refractivity contribution in [3.8, 4) is 0 Å². The number of carbonyl (C=O) groups excluding carboxylic acids is 6. The maximum absolute atomic E-state index is 15.0. The number of anilines is 1. The highest BCUT2D eigenvalue weighted by molar-refractivity contribution is 7.90. The van der Waals surface area contributed by atoms with Gasteiger partial charge in [-0.25, -0.2) is 35.7 Å². The van der Waals surface area contributed by atoms with Gasteiger partial charge in [0, 0.05) is 56.4 Å². The van der Waals surface area contributed by atoms with E-state index in [1.54, 1.807) is 51.8 Å². The Morgan fingerprint density at radius 3 is 1.41 bits per heavy atom. The molecule has 110 heavy (non-hydrogen) atoms. The lowest BCUT2D eigenvalue weighted by atomic mass is 9.83. The standard InChI is InChI=1S/C60H72N10O10S2.C19H14F2N6O/c1-39(61-3)55(71)63-49-37-67(34-32-45-28-30-51(69(45)59(49)75)57(73)65-53(41-18-9-5-10-19-41)42-20-11-6-12-21-42)81(77,78)47-26-17-27-48(36-47)82(79,80)68-35-33-46-29-31-52(70(46)60(76)50(38-68)64-56(72)40(2)62-4)58(74)66-54(43-22-13-7-14-23-43)44-24-15-8-16-25-44;1-27-18(22-8-23-27)15-16(9-2-4-10(20)5-3-9)24-13-7-11(21)6-12-14(13)17(15)25-26-19(12)28/h5-27,36,39-40,45-46,49-54,61-62H,28-35,37-38H2,1-4H3,(H,63,71)(H,64,72)(H,65,73)(H,66,74);2-8,15-16,24H,1H3,(H,26,28)/t;15-,16-/m.1/s1. The van der Waals surface area contributed by atoms with Crippen molar-refractivity contribution in [1.82, 2.24) is 75.3 Å². The molecule has 4 fully saturated rings. The van der Waals surface area contributed by atoms with E-state index >= 15 is 16.8 Å². The number of aromatic nitrogens is 5. The van der Waals surface area contributed by atoms with Gasteiger partial charge in [-0.3, -0.25) is 38.2 Å². The fourth-order valence-corrected chi connectivity index (χ4v) is 18.5.